The lowest BCUT2D eigenvalue weighted by atomic mass is 10.1. The van der Waals surface area contributed by atoms with Crippen LogP contribution in [0.25, 0.3) is 0 Å². The molecule has 12 heavy (non-hydrogen) atoms. The molecule has 3 unspecified atom stereocenters. The molecule has 0 aromatic rings. The van der Waals surface area contributed by atoms with Gasteiger partial charge < -0.3 is 10.2 Å². The van der Waals surface area contributed by atoms with Crippen LogP contribution in [0.3, 0.4) is 0 Å². The summed E-state index contributed by atoms with van der Waals surface area (Å²) in [6.45, 7) is 11.9. The molecule has 0 spiro atoms. The predicted molar refractivity (Wildman–Crippen MR) is 55.5 cm³/mol. The average molecular weight is 172 g/mol. The van der Waals surface area contributed by atoms with Crippen LogP contribution in [-0.4, -0.2) is 36.6 Å². The molecule has 0 radical (unpaired) electrons. The topological polar surface area (TPSA) is 15.3 Å². The lowest BCUT2D eigenvalue weighted by molar-refractivity contribution is 0.141. The maximum absolute atomic E-state index is 3.52. The van der Waals surface area contributed by atoms with Gasteiger partial charge in [-0.25, -0.2) is 0 Å². The Balaban J connectivity index is 0.000000561. The molecular formula is C10H24N2. The van der Waals surface area contributed by atoms with Crippen molar-refractivity contribution < 1.29 is 0 Å². The third kappa shape index (κ3) is 3.11. The molecule has 1 aliphatic heterocycles. The molecule has 2 nitrogen and oxygen atoms in total. The Kier molecular flexibility index (Phi) is 5.51. The zero-order valence-electron chi connectivity index (χ0n) is 9.39. The van der Waals surface area contributed by atoms with E-state index in [1.165, 1.54) is 6.54 Å². The highest BCUT2D eigenvalue weighted by Crippen LogP contribution is 2.08. The first-order valence-electron chi connectivity index (χ1n) is 5.07. The van der Waals surface area contributed by atoms with Crippen LogP contribution in [0, 0.1) is 0 Å². The van der Waals surface area contributed by atoms with Gasteiger partial charge >= 0.3 is 0 Å². The molecule has 1 rings (SSSR count). The summed E-state index contributed by atoms with van der Waals surface area (Å²) < 4.78 is 0. The lowest BCUT2D eigenvalue weighted by Gasteiger charge is -2.39. The van der Waals surface area contributed by atoms with Crippen LogP contribution in [0.5, 0.6) is 0 Å². The molecule has 0 bridgehead atoms. The first-order valence-corrected chi connectivity index (χ1v) is 5.07. The van der Waals surface area contributed by atoms with E-state index in [4.69, 9.17) is 0 Å². The van der Waals surface area contributed by atoms with E-state index in [1.807, 2.05) is 13.8 Å². The summed E-state index contributed by atoms with van der Waals surface area (Å²) in [7, 11) is 2.19. The quantitative estimate of drug-likeness (QED) is 0.598. The Labute approximate surface area is 77.3 Å². The van der Waals surface area contributed by atoms with Crippen molar-refractivity contribution in [3.8, 4) is 0 Å². The number of nitrogens with zero attached hydrogens (tertiary/aromatic N) is 1. The highest BCUT2D eigenvalue weighted by molar-refractivity contribution is 4.85. The van der Waals surface area contributed by atoms with Crippen LogP contribution >= 0.6 is 0 Å². The Morgan fingerprint density at radius 2 is 1.67 bits per heavy atom. The lowest BCUT2D eigenvalue weighted by Crippen LogP contribution is -2.57. The van der Waals surface area contributed by atoms with E-state index < -0.39 is 0 Å². The predicted octanol–water partition coefficient (Wildman–Crippen LogP) is 1.71. The van der Waals surface area contributed by atoms with Crippen molar-refractivity contribution >= 4 is 0 Å². The minimum Gasteiger partial charge on any atom is -0.309 e. The number of likely N-dealkylation sites (N-methyl/N-ethyl adjacent to an activating group) is 1. The number of hydrogen-bond acceptors (Lipinski definition) is 2. The van der Waals surface area contributed by atoms with Crippen LogP contribution in [0.2, 0.25) is 0 Å². The van der Waals surface area contributed by atoms with Crippen molar-refractivity contribution in [2.75, 3.05) is 13.6 Å². The first-order chi connectivity index (χ1) is 5.61. The van der Waals surface area contributed by atoms with Crippen molar-refractivity contribution in [2.45, 2.75) is 52.7 Å². The Hall–Kier alpha value is -0.0800. The summed E-state index contributed by atoms with van der Waals surface area (Å²) in [4.78, 5) is 2.41. The van der Waals surface area contributed by atoms with Crippen molar-refractivity contribution in [3.63, 3.8) is 0 Å². The smallest absolute Gasteiger partial charge is 0.0216 e. The second-order valence-corrected chi connectivity index (χ2v) is 3.54. The van der Waals surface area contributed by atoms with Gasteiger partial charge in [0.1, 0.15) is 0 Å². The summed E-state index contributed by atoms with van der Waals surface area (Å²) in [5, 5.41) is 3.52. The van der Waals surface area contributed by atoms with Crippen LogP contribution in [-0.2, 0) is 0 Å². The number of piperazine rings is 1. The zero-order valence-corrected chi connectivity index (χ0v) is 9.39. The maximum Gasteiger partial charge on any atom is 0.0216 e. The number of rotatable bonds is 0. The SMILES string of the molecule is CC.CC1CN(C)C(C)C(C)N1. The summed E-state index contributed by atoms with van der Waals surface area (Å²) in [5.41, 5.74) is 0. The molecule has 0 aliphatic carbocycles. The molecule has 2 heteroatoms. The van der Waals surface area contributed by atoms with Gasteiger partial charge in [-0.1, -0.05) is 13.8 Å². The fraction of sp³-hybridized carbons (Fsp3) is 1.00. The van der Waals surface area contributed by atoms with Gasteiger partial charge in [-0.2, -0.15) is 0 Å². The van der Waals surface area contributed by atoms with Crippen LogP contribution in [0.4, 0.5) is 0 Å². The number of hydrogen-bond donors (Lipinski definition) is 1. The van der Waals surface area contributed by atoms with Gasteiger partial charge in [0.15, 0.2) is 0 Å². The molecule has 1 heterocycles. The van der Waals surface area contributed by atoms with Crippen molar-refractivity contribution in [2.24, 2.45) is 0 Å². The second-order valence-electron chi connectivity index (χ2n) is 3.54. The van der Waals surface area contributed by atoms with Gasteiger partial charge in [-0.3, -0.25) is 0 Å². The fourth-order valence-corrected chi connectivity index (χ4v) is 1.62. The Morgan fingerprint density at radius 3 is 2.08 bits per heavy atom. The van der Waals surface area contributed by atoms with Gasteiger partial charge in [0.2, 0.25) is 0 Å². The molecule has 74 valence electrons. The van der Waals surface area contributed by atoms with E-state index in [0.717, 1.165) is 0 Å². The van der Waals surface area contributed by atoms with Crippen molar-refractivity contribution in [3.05, 3.63) is 0 Å². The van der Waals surface area contributed by atoms with Crippen molar-refractivity contribution in [1.82, 2.24) is 10.2 Å². The molecule has 0 aromatic heterocycles. The minimum atomic E-state index is 0.633. The zero-order chi connectivity index (χ0) is 9.72. The van der Waals surface area contributed by atoms with E-state index >= 15 is 0 Å². The van der Waals surface area contributed by atoms with E-state index in [-0.39, 0.29) is 0 Å². The normalized spacial score (nSPS) is 37.0. The molecule has 1 aliphatic rings. The summed E-state index contributed by atoms with van der Waals surface area (Å²) in [5.74, 6) is 0. The standard InChI is InChI=1S/C8H18N2.C2H6/c1-6-5-10(4)8(3)7(2)9-6;1-2/h6-9H,5H2,1-4H3;1-2H3. The molecule has 0 saturated carbocycles. The number of nitrogens with one attached hydrogen (secondary N) is 1. The van der Waals surface area contributed by atoms with Gasteiger partial charge in [0.25, 0.3) is 0 Å². The highest BCUT2D eigenvalue weighted by Gasteiger charge is 2.24. The summed E-state index contributed by atoms with van der Waals surface area (Å²) >= 11 is 0. The molecule has 0 amide bonds. The average Bonchev–Trinajstić information content (AvgIpc) is 2.04. The third-order valence-corrected chi connectivity index (χ3v) is 2.53. The minimum absolute atomic E-state index is 0.633. The maximum atomic E-state index is 3.52. The fourth-order valence-electron chi connectivity index (χ4n) is 1.62. The van der Waals surface area contributed by atoms with Gasteiger partial charge in [0.05, 0.1) is 0 Å². The molecule has 1 saturated heterocycles. The van der Waals surface area contributed by atoms with Crippen LogP contribution in [0.1, 0.15) is 34.6 Å². The largest absolute Gasteiger partial charge is 0.309 e. The highest BCUT2D eigenvalue weighted by atomic mass is 15.2. The van der Waals surface area contributed by atoms with Gasteiger partial charge in [-0.05, 0) is 27.8 Å². The van der Waals surface area contributed by atoms with Gasteiger partial charge in [0, 0.05) is 24.7 Å². The molecule has 3 atom stereocenters. The first kappa shape index (κ1) is 11.9. The van der Waals surface area contributed by atoms with Gasteiger partial charge in [-0.15, -0.1) is 0 Å². The van der Waals surface area contributed by atoms with E-state index in [1.54, 1.807) is 0 Å². The Morgan fingerprint density at radius 1 is 1.17 bits per heavy atom. The van der Waals surface area contributed by atoms with Crippen LogP contribution < -0.4 is 5.32 Å². The van der Waals surface area contributed by atoms with E-state index in [9.17, 15) is 0 Å². The molecule has 1 fully saturated rings. The van der Waals surface area contributed by atoms with Crippen LogP contribution in [0.15, 0.2) is 0 Å². The van der Waals surface area contributed by atoms with E-state index in [2.05, 4.69) is 38.0 Å². The van der Waals surface area contributed by atoms with Crippen molar-refractivity contribution in [1.29, 1.82) is 0 Å². The van der Waals surface area contributed by atoms with E-state index in [0.29, 0.717) is 18.1 Å². The third-order valence-electron chi connectivity index (χ3n) is 2.53. The summed E-state index contributed by atoms with van der Waals surface area (Å²) in [6, 6.07) is 1.96. The molecular weight excluding hydrogens is 148 g/mol. The second kappa shape index (κ2) is 5.55. The molecule has 0 aromatic carbocycles. The summed E-state index contributed by atoms with van der Waals surface area (Å²) in [6.07, 6.45) is 0. The molecule has 1 N–H and O–H groups in total. The monoisotopic (exact) mass is 172 g/mol. The Bertz CT molecular complexity index is 102.